The number of carbonyl (C=O) groups is 1. The van der Waals surface area contributed by atoms with Crippen molar-refractivity contribution in [2.45, 2.75) is 25.9 Å². The number of hydrogen-bond acceptors (Lipinski definition) is 4. The van der Waals surface area contributed by atoms with E-state index in [9.17, 15) is 9.90 Å². The van der Waals surface area contributed by atoms with E-state index in [1.54, 1.807) is 18.3 Å². The minimum atomic E-state index is -0.218. The molecule has 1 heterocycles. The molecule has 0 saturated heterocycles. The van der Waals surface area contributed by atoms with Crippen molar-refractivity contribution in [2.24, 2.45) is 0 Å². The fraction of sp³-hybridized carbons (Fsp3) is 0.294. The van der Waals surface area contributed by atoms with Gasteiger partial charge < -0.3 is 15.7 Å². The first-order chi connectivity index (χ1) is 10.7. The van der Waals surface area contributed by atoms with Gasteiger partial charge in [-0.3, -0.25) is 9.78 Å². The lowest BCUT2D eigenvalue weighted by Crippen LogP contribution is -2.25. The highest BCUT2D eigenvalue weighted by Gasteiger charge is 2.09. The second-order valence-corrected chi connectivity index (χ2v) is 5.03. The van der Waals surface area contributed by atoms with Crippen LogP contribution in [0.1, 0.15) is 29.4 Å². The summed E-state index contributed by atoms with van der Waals surface area (Å²) in [5, 5.41) is 15.2. The zero-order valence-electron chi connectivity index (χ0n) is 12.6. The number of hydrogen-bond donors (Lipinski definition) is 3. The van der Waals surface area contributed by atoms with Gasteiger partial charge >= 0.3 is 0 Å². The molecule has 0 aliphatic heterocycles. The highest BCUT2D eigenvalue weighted by Crippen LogP contribution is 2.11. The molecule has 1 amide bonds. The number of carbonyl (C=O) groups excluding carboxylic acids is 1. The molecule has 2 rings (SSSR count). The molecule has 0 aliphatic carbocycles. The summed E-state index contributed by atoms with van der Waals surface area (Å²) in [7, 11) is 0. The number of aromatic nitrogens is 1. The normalized spacial score (nSPS) is 11.7. The Morgan fingerprint density at radius 3 is 2.73 bits per heavy atom. The van der Waals surface area contributed by atoms with E-state index in [-0.39, 0.29) is 18.6 Å². The molecule has 0 aliphatic rings. The minimum absolute atomic E-state index is 0.0253. The number of nitrogens with zero attached hydrogens (tertiary/aromatic N) is 1. The van der Waals surface area contributed by atoms with E-state index >= 15 is 0 Å². The summed E-state index contributed by atoms with van der Waals surface area (Å²) in [4.78, 5) is 16.2. The van der Waals surface area contributed by atoms with Crippen LogP contribution in [-0.4, -0.2) is 28.6 Å². The first-order valence-corrected chi connectivity index (χ1v) is 7.38. The minimum Gasteiger partial charge on any atom is -0.394 e. The molecule has 3 N–H and O–H groups in total. The van der Waals surface area contributed by atoms with Crippen LogP contribution in [0, 0.1) is 0 Å². The lowest BCUT2D eigenvalue weighted by molar-refractivity contribution is 0.0946. The first kappa shape index (κ1) is 16.0. The number of aliphatic hydroxyl groups is 1. The Hall–Kier alpha value is -2.40. The smallest absolute Gasteiger partial charge is 0.270 e. The average Bonchev–Trinajstić information content (AvgIpc) is 2.58. The maximum Gasteiger partial charge on any atom is 0.270 e. The van der Waals surface area contributed by atoms with Crippen LogP contribution in [0.3, 0.4) is 0 Å². The summed E-state index contributed by atoms with van der Waals surface area (Å²) in [6, 6.07) is 13.2. The quantitative estimate of drug-likeness (QED) is 0.732. The second kappa shape index (κ2) is 8.14. The number of benzene rings is 1. The molecule has 0 bridgehead atoms. The average molecular weight is 299 g/mol. The van der Waals surface area contributed by atoms with E-state index in [1.165, 1.54) is 0 Å². The van der Waals surface area contributed by atoms with Crippen LogP contribution in [-0.2, 0) is 6.54 Å². The van der Waals surface area contributed by atoms with E-state index in [0.717, 1.165) is 17.7 Å². The number of nitrogens with one attached hydrogen (secondary N) is 2. The third-order valence-electron chi connectivity index (χ3n) is 3.37. The van der Waals surface area contributed by atoms with Gasteiger partial charge in [0.25, 0.3) is 5.91 Å². The summed E-state index contributed by atoms with van der Waals surface area (Å²) in [5.74, 6) is -0.218. The summed E-state index contributed by atoms with van der Waals surface area (Å²) >= 11 is 0. The van der Waals surface area contributed by atoms with Gasteiger partial charge in [0.1, 0.15) is 5.69 Å². The third kappa shape index (κ3) is 4.56. The first-order valence-electron chi connectivity index (χ1n) is 7.38. The van der Waals surface area contributed by atoms with Gasteiger partial charge in [0.05, 0.1) is 6.61 Å². The van der Waals surface area contributed by atoms with Crippen LogP contribution in [0.15, 0.2) is 48.7 Å². The van der Waals surface area contributed by atoms with Crippen LogP contribution in [0.2, 0.25) is 0 Å². The molecule has 0 unspecified atom stereocenters. The molecular weight excluding hydrogens is 278 g/mol. The summed E-state index contributed by atoms with van der Waals surface area (Å²) in [6.07, 6.45) is 2.39. The van der Waals surface area contributed by atoms with Crippen molar-refractivity contribution in [3.8, 4) is 0 Å². The van der Waals surface area contributed by atoms with Crippen molar-refractivity contribution < 1.29 is 9.90 Å². The molecule has 0 saturated carbocycles. The number of rotatable bonds is 7. The molecule has 0 fully saturated rings. The highest BCUT2D eigenvalue weighted by atomic mass is 16.3. The van der Waals surface area contributed by atoms with Crippen molar-refractivity contribution in [3.63, 3.8) is 0 Å². The Balaban J connectivity index is 1.98. The molecule has 116 valence electrons. The Bertz CT molecular complexity index is 598. The highest BCUT2D eigenvalue weighted by molar-refractivity contribution is 5.93. The molecule has 1 aromatic carbocycles. The Kier molecular flexibility index (Phi) is 5.91. The van der Waals surface area contributed by atoms with Crippen molar-refractivity contribution in [3.05, 3.63) is 59.9 Å². The van der Waals surface area contributed by atoms with Crippen molar-refractivity contribution in [1.29, 1.82) is 0 Å². The lowest BCUT2D eigenvalue weighted by atomic mass is 10.2. The lowest BCUT2D eigenvalue weighted by Gasteiger charge is -2.15. The number of amides is 1. The van der Waals surface area contributed by atoms with E-state index in [0.29, 0.717) is 12.2 Å². The van der Waals surface area contributed by atoms with Gasteiger partial charge in [-0.2, -0.15) is 0 Å². The number of pyridine rings is 1. The van der Waals surface area contributed by atoms with Gasteiger partial charge in [-0.15, -0.1) is 0 Å². The fourth-order valence-corrected chi connectivity index (χ4v) is 2.03. The molecule has 22 heavy (non-hydrogen) atoms. The van der Waals surface area contributed by atoms with Crippen molar-refractivity contribution >= 4 is 11.6 Å². The van der Waals surface area contributed by atoms with Crippen LogP contribution < -0.4 is 10.6 Å². The van der Waals surface area contributed by atoms with Gasteiger partial charge in [-0.05, 0) is 24.1 Å². The van der Waals surface area contributed by atoms with E-state index in [1.807, 2.05) is 37.3 Å². The molecule has 0 spiro atoms. The molecule has 5 nitrogen and oxygen atoms in total. The van der Waals surface area contributed by atoms with Crippen LogP contribution >= 0.6 is 0 Å². The second-order valence-electron chi connectivity index (χ2n) is 5.03. The number of aliphatic hydroxyl groups excluding tert-OH is 1. The van der Waals surface area contributed by atoms with Gasteiger partial charge in [0, 0.05) is 24.5 Å². The van der Waals surface area contributed by atoms with E-state index in [2.05, 4.69) is 15.6 Å². The summed E-state index contributed by atoms with van der Waals surface area (Å²) in [5.41, 5.74) is 2.17. The predicted molar refractivity (Wildman–Crippen MR) is 86.6 cm³/mol. The Morgan fingerprint density at radius 1 is 1.27 bits per heavy atom. The molecule has 0 radical (unpaired) electrons. The van der Waals surface area contributed by atoms with Crippen molar-refractivity contribution in [1.82, 2.24) is 10.3 Å². The standard InChI is InChI=1S/C17H21N3O2/c1-2-14(12-21)20-15-8-9-18-16(10-15)17(22)19-11-13-6-4-3-5-7-13/h3-10,14,21H,2,11-12H2,1H3,(H,18,20)(H,19,22)/t14-/m1/s1. The Labute approximate surface area is 130 Å². The van der Waals surface area contributed by atoms with Crippen LogP contribution in [0.4, 0.5) is 5.69 Å². The predicted octanol–water partition coefficient (Wildman–Crippen LogP) is 2.19. The zero-order valence-corrected chi connectivity index (χ0v) is 12.6. The maximum absolute atomic E-state index is 12.1. The summed E-state index contributed by atoms with van der Waals surface area (Å²) < 4.78 is 0. The van der Waals surface area contributed by atoms with Gasteiger partial charge in [-0.1, -0.05) is 37.3 Å². The molecule has 2 aromatic rings. The topological polar surface area (TPSA) is 74.2 Å². The van der Waals surface area contributed by atoms with Gasteiger partial charge in [-0.25, -0.2) is 0 Å². The molecular formula is C17H21N3O2. The van der Waals surface area contributed by atoms with Gasteiger partial charge in [0.2, 0.25) is 0 Å². The monoisotopic (exact) mass is 299 g/mol. The van der Waals surface area contributed by atoms with Gasteiger partial charge in [0.15, 0.2) is 0 Å². The largest absolute Gasteiger partial charge is 0.394 e. The Morgan fingerprint density at radius 2 is 2.05 bits per heavy atom. The van der Waals surface area contributed by atoms with Crippen LogP contribution in [0.25, 0.3) is 0 Å². The molecule has 5 heteroatoms. The maximum atomic E-state index is 12.1. The van der Waals surface area contributed by atoms with E-state index in [4.69, 9.17) is 0 Å². The molecule has 1 aromatic heterocycles. The van der Waals surface area contributed by atoms with Crippen molar-refractivity contribution in [2.75, 3.05) is 11.9 Å². The van der Waals surface area contributed by atoms with Crippen LogP contribution in [0.5, 0.6) is 0 Å². The third-order valence-corrected chi connectivity index (χ3v) is 3.37. The summed E-state index contributed by atoms with van der Waals surface area (Å²) in [6.45, 7) is 2.50. The fourth-order valence-electron chi connectivity index (χ4n) is 2.03. The molecule has 1 atom stereocenters. The van der Waals surface area contributed by atoms with E-state index < -0.39 is 0 Å². The zero-order chi connectivity index (χ0) is 15.8. The number of anilines is 1. The SMILES string of the molecule is CC[C@H](CO)Nc1ccnc(C(=O)NCc2ccccc2)c1.